The second-order valence-electron chi connectivity index (χ2n) is 8.87. The molecular formula is C23H40O2. The standard InChI is InChI=1S/C23H40O2/c1-19(2)11-8-12-20(3)13-9-14-21(4)15-10-16-23(7)24-17-22(5,6)18-25-23/h11,13,15H,8-10,12,14,16-18H2,1-7H3/b20-13-,21-15-. The van der Waals surface area contributed by atoms with Crippen LogP contribution in [0.3, 0.4) is 0 Å². The molecule has 0 amide bonds. The molecule has 1 heterocycles. The Kier molecular flexibility index (Phi) is 9.16. The van der Waals surface area contributed by atoms with Gasteiger partial charge in [-0.3, -0.25) is 0 Å². The van der Waals surface area contributed by atoms with Crippen LogP contribution in [0.5, 0.6) is 0 Å². The molecule has 0 aliphatic carbocycles. The third-order valence-corrected chi connectivity index (χ3v) is 4.75. The summed E-state index contributed by atoms with van der Waals surface area (Å²) >= 11 is 0. The molecule has 1 aliphatic heterocycles. The third kappa shape index (κ3) is 10.0. The summed E-state index contributed by atoms with van der Waals surface area (Å²) in [5.41, 5.74) is 4.52. The first-order valence-corrected chi connectivity index (χ1v) is 9.84. The van der Waals surface area contributed by atoms with Gasteiger partial charge in [0.25, 0.3) is 0 Å². The zero-order valence-electron chi connectivity index (χ0n) is 17.7. The average Bonchev–Trinajstić information content (AvgIpc) is 2.50. The van der Waals surface area contributed by atoms with Crippen molar-refractivity contribution in [3.05, 3.63) is 34.9 Å². The normalized spacial score (nSPS) is 20.4. The fourth-order valence-electron chi connectivity index (χ4n) is 2.84. The van der Waals surface area contributed by atoms with Crippen LogP contribution in [-0.4, -0.2) is 19.0 Å². The Morgan fingerprint density at radius 3 is 1.76 bits per heavy atom. The van der Waals surface area contributed by atoms with E-state index in [4.69, 9.17) is 9.47 Å². The summed E-state index contributed by atoms with van der Waals surface area (Å²) in [6.07, 6.45) is 13.6. The molecule has 144 valence electrons. The van der Waals surface area contributed by atoms with Crippen molar-refractivity contribution in [2.45, 2.75) is 92.8 Å². The molecule has 1 fully saturated rings. The van der Waals surface area contributed by atoms with E-state index in [9.17, 15) is 0 Å². The van der Waals surface area contributed by atoms with Crippen LogP contribution in [0.15, 0.2) is 34.9 Å². The number of allylic oxidation sites excluding steroid dienone is 6. The zero-order valence-corrected chi connectivity index (χ0v) is 17.7. The van der Waals surface area contributed by atoms with Crippen LogP contribution in [0.1, 0.15) is 87.0 Å². The predicted molar refractivity (Wildman–Crippen MR) is 109 cm³/mol. The van der Waals surface area contributed by atoms with E-state index in [0.29, 0.717) is 0 Å². The summed E-state index contributed by atoms with van der Waals surface area (Å²) in [7, 11) is 0. The van der Waals surface area contributed by atoms with E-state index in [1.807, 2.05) is 0 Å². The van der Waals surface area contributed by atoms with E-state index in [1.54, 1.807) is 0 Å². The summed E-state index contributed by atoms with van der Waals surface area (Å²) in [6, 6.07) is 0. The maximum atomic E-state index is 5.96. The van der Waals surface area contributed by atoms with Crippen molar-refractivity contribution in [3.63, 3.8) is 0 Å². The second kappa shape index (κ2) is 10.3. The quantitative estimate of drug-likeness (QED) is 0.419. The van der Waals surface area contributed by atoms with E-state index in [1.165, 1.54) is 23.1 Å². The van der Waals surface area contributed by atoms with Crippen molar-refractivity contribution in [2.24, 2.45) is 5.41 Å². The fraction of sp³-hybridized carbons (Fsp3) is 0.739. The smallest absolute Gasteiger partial charge is 0.165 e. The van der Waals surface area contributed by atoms with Gasteiger partial charge in [0.1, 0.15) is 0 Å². The van der Waals surface area contributed by atoms with Gasteiger partial charge in [0.05, 0.1) is 13.2 Å². The van der Waals surface area contributed by atoms with Gasteiger partial charge in [0.2, 0.25) is 0 Å². The van der Waals surface area contributed by atoms with Crippen LogP contribution in [-0.2, 0) is 9.47 Å². The average molecular weight is 349 g/mol. The Hall–Kier alpha value is -0.860. The van der Waals surface area contributed by atoms with Gasteiger partial charge in [-0.05, 0) is 66.7 Å². The molecule has 0 saturated carbocycles. The van der Waals surface area contributed by atoms with Crippen LogP contribution >= 0.6 is 0 Å². The molecule has 1 saturated heterocycles. The minimum atomic E-state index is -0.409. The summed E-state index contributed by atoms with van der Waals surface area (Å²) in [4.78, 5) is 0. The lowest BCUT2D eigenvalue weighted by atomic mass is 9.94. The van der Waals surface area contributed by atoms with Gasteiger partial charge in [-0.25, -0.2) is 0 Å². The molecule has 0 radical (unpaired) electrons. The molecular weight excluding hydrogens is 308 g/mol. The van der Waals surface area contributed by atoms with Crippen LogP contribution < -0.4 is 0 Å². The fourth-order valence-corrected chi connectivity index (χ4v) is 2.84. The zero-order chi connectivity index (χ0) is 18.9. The Labute approximate surface area is 156 Å². The molecule has 25 heavy (non-hydrogen) atoms. The van der Waals surface area contributed by atoms with Gasteiger partial charge in [-0.1, -0.05) is 48.8 Å². The van der Waals surface area contributed by atoms with Gasteiger partial charge in [0.15, 0.2) is 5.79 Å². The van der Waals surface area contributed by atoms with E-state index in [0.717, 1.165) is 45.3 Å². The van der Waals surface area contributed by atoms with Gasteiger partial charge < -0.3 is 9.47 Å². The van der Waals surface area contributed by atoms with Crippen molar-refractivity contribution in [3.8, 4) is 0 Å². The molecule has 0 spiro atoms. The van der Waals surface area contributed by atoms with Gasteiger partial charge in [-0.15, -0.1) is 0 Å². The van der Waals surface area contributed by atoms with E-state index < -0.39 is 5.79 Å². The van der Waals surface area contributed by atoms with E-state index in [2.05, 4.69) is 66.7 Å². The lowest BCUT2D eigenvalue weighted by Gasteiger charge is -2.41. The molecule has 2 nitrogen and oxygen atoms in total. The highest BCUT2D eigenvalue weighted by Crippen LogP contribution is 2.32. The molecule has 0 aromatic rings. The maximum absolute atomic E-state index is 5.96. The summed E-state index contributed by atoms with van der Waals surface area (Å²) in [6.45, 7) is 16.8. The molecule has 0 aromatic heterocycles. The van der Waals surface area contributed by atoms with Gasteiger partial charge in [-0.2, -0.15) is 0 Å². The van der Waals surface area contributed by atoms with Gasteiger partial charge in [0, 0.05) is 11.8 Å². The van der Waals surface area contributed by atoms with E-state index in [-0.39, 0.29) is 5.41 Å². The lowest BCUT2D eigenvalue weighted by Crippen LogP contribution is -2.45. The molecule has 1 aliphatic rings. The molecule has 2 heteroatoms. The topological polar surface area (TPSA) is 18.5 Å². The van der Waals surface area contributed by atoms with Crippen molar-refractivity contribution < 1.29 is 9.47 Å². The first-order valence-electron chi connectivity index (χ1n) is 9.84. The number of hydrogen-bond acceptors (Lipinski definition) is 2. The van der Waals surface area contributed by atoms with Crippen molar-refractivity contribution in [1.82, 2.24) is 0 Å². The summed E-state index contributed by atoms with van der Waals surface area (Å²) in [5, 5.41) is 0. The van der Waals surface area contributed by atoms with Crippen molar-refractivity contribution in [1.29, 1.82) is 0 Å². The summed E-state index contributed by atoms with van der Waals surface area (Å²) in [5.74, 6) is -0.409. The van der Waals surface area contributed by atoms with Crippen molar-refractivity contribution in [2.75, 3.05) is 13.2 Å². The van der Waals surface area contributed by atoms with Crippen LogP contribution in [0, 0.1) is 5.41 Å². The Balaban J connectivity index is 2.26. The van der Waals surface area contributed by atoms with Crippen LogP contribution in [0.25, 0.3) is 0 Å². The highest BCUT2D eigenvalue weighted by atomic mass is 16.7. The summed E-state index contributed by atoms with van der Waals surface area (Å²) < 4.78 is 11.9. The molecule has 1 rings (SSSR count). The monoisotopic (exact) mass is 348 g/mol. The Bertz CT molecular complexity index is 480. The molecule has 0 unspecified atom stereocenters. The second-order valence-corrected chi connectivity index (χ2v) is 8.87. The SMILES string of the molecule is CC(C)=CCC/C(C)=C\CC/C(C)=C\CCC1(C)OCC(C)(C)CO1. The highest BCUT2D eigenvalue weighted by Gasteiger charge is 2.36. The van der Waals surface area contributed by atoms with Gasteiger partial charge >= 0.3 is 0 Å². The molecule has 0 aromatic carbocycles. The minimum absolute atomic E-state index is 0.140. The van der Waals surface area contributed by atoms with E-state index >= 15 is 0 Å². The molecule has 0 atom stereocenters. The number of hydrogen-bond donors (Lipinski definition) is 0. The minimum Gasteiger partial charge on any atom is -0.350 e. The Morgan fingerprint density at radius 2 is 1.24 bits per heavy atom. The highest BCUT2D eigenvalue weighted by molar-refractivity contribution is 5.05. The third-order valence-electron chi connectivity index (χ3n) is 4.75. The first kappa shape index (κ1) is 22.2. The maximum Gasteiger partial charge on any atom is 0.165 e. The van der Waals surface area contributed by atoms with Crippen molar-refractivity contribution >= 4 is 0 Å². The first-order chi connectivity index (χ1) is 11.6. The van der Waals surface area contributed by atoms with Crippen LogP contribution in [0.2, 0.25) is 0 Å². The number of ether oxygens (including phenoxy) is 2. The largest absolute Gasteiger partial charge is 0.350 e. The lowest BCUT2D eigenvalue weighted by molar-refractivity contribution is -0.291. The van der Waals surface area contributed by atoms with Crippen LogP contribution in [0.4, 0.5) is 0 Å². The Morgan fingerprint density at radius 1 is 0.760 bits per heavy atom. The number of rotatable bonds is 9. The predicted octanol–water partition coefficient (Wildman–Crippen LogP) is 6.98. The molecule has 0 N–H and O–H groups in total. The molecule has 0 bridgehead atoms.